The zero-order valence-corrected chi connectivity index (χ0v) is 17.8. The maximum atomic E-state index is 12.4. The average Bonchev–Trinajstić information content (AvgIpc) is 2.74. The van der Waals surface area contributed by atoms with Crippen molar-refractivity contribution in [3.63, 3.8) is 0 Å². The fourth-order valence-electron chi connectivity index (χ4n) is 4.02. The second-order valence-corrected chi connectivity index (χ2v) is 8.22. The van der Waals surface area contributed by atoms with E-state index in [0.717, 1.165) is 70.7 Å². The summed E-state index contributed by atoms with van der Waals surface area (Å²) in [6.07, 6.45) is 5.79. The largest absolute Gasteiger partial charge is 0.494 e. The van der Waals surface area contributed by atoms with Gasteiger partial charge in [0.25, 0.3) is 0 Å². The van der Waals surface area contributed by atoms with Gasteiger partial charge in [0.05, 0.1) is 13.2 Å². The number of likely N-dealkylation sites (tertiary alicyclic amines) is 1. The van der Waals surface area contributed by atoms with Gasteiger partial charge in [0.1, 0.15) is 5.75 Å². The Morgan fingerprint density at radius 3 is 2.34 bits per heavy atom. The Balaban J connectivity index is 1.27. The number of piperazine rings is 1. The maximum absolute atomic E-state index is 12.4. The molecule has 2 amide bonds. The van der Waals surface area contributed by atoms with Crippen molar-refractivity contribution in [2.45, 2.75) is 45.4 Å². The van der Waals surface area contributed by atoms with Crippen LogP contribution in [-0.4, -0.2) is 78.9 Å². The number of amides is 2. The van der Waals surface area contributed by atoms with Gasteiger partial charge in [-0.05, 0) is 56.7 Å². The van der Waals surface area contributed by atoms with E-state index in [0.29, 0.717) is 19.6 Å². The summed E-state index contributed by atoms with van der Waals surface area (Å²) in [5, 5.41) is 0. The summed E-state index contributed by atoms with van der Waals surface area (Å²) >= 11 is 0. The van der Waals surface area contributed by atoms with Crippen LogP contribution in [0.3, 0.4) is 0 Å². The van der Waals surface area contributed by atoms with Crippen LogP contribution in [0.2, 0.25) is 0 Å². The van der Waals surface area contributed by atoms with Crippen LogP contribution < -0.4 is 4.74 Å². The Morgan fingerprint density at radius 1 is 0.897 bits per heavy atom. The molecule has 1 aromatic carbocycles. The number of hydrogen-bond acceptors (Lipinski definition) is 4. The minimum absolute atomic E-state index is 0.225. The molecule has 2 aliphatic heterocycles. The number of hydrogen-bond donors (Lipinski definition) is 0. The Hall–Kier alpha value is -2.08. The molecule has 0 radical (unpaired) electrons. The van der Waals surface area contributed by atoms with Crippen molar-refractivity contribution in [2.24, 2.45) is 0 Å². The molecule has 0 aliphatic carbocycles. The van der Waals surface area contributed by atoms with E-state index in [1.54, 1.807) is 0 Å². The molecular formula is C23H35N3O3. The lowest BCUT2D eigenvalue weighted by molar-refractivity contribution is -0.135. The monoisotopic (exact) mass is 401 g/mol. The fourth-order valence-corrected chi connectivity index (χ4v) is 4.02. The van der Waals surface area contributed by atoms with Crippen molar-refractivity contribution in [1.82, 2.24) is 14.7 Å². The second kappa shape index (κ2) is 11.2. The van der Waals surface area contributed by atoms with E-state index >= 15 is 0 Å². The molecule has 6 nitrogen and oxygen atoms in total. The molecule has 29 heavy (non-hydrogen) atoms. The first-order valence-electron chi connectivity index (χ1n) is 11.1. The van der Waals surface area contributed by atoms with Gasteiger partial charge in [0, 0.05) is 45.7 Å². The highest BCUT2D eigenvalue weighted by Gasteiger charge is 2.24. The molecule has 0 unspecified atom stereocenters. The Labute approximate surface area is 174 Å². The number of ether oxygens (including phenoxy) is 1. The molecule has 1 aromatic rings. The zero-order chi connectivity index (χ0) is 20.5. The van der Waals surface area contributed by atoms with Gasteiger partial charge in [-0.25, -0.2) is 0 Å². The van der Waals surface area contributed by atoms with Crippen LogP contribution in [0.15, 0.2) is 24.3 Å². The minimum atomic E-state index is 0.225. The highest BCUT2D eigenvalue weighted by atomic mass is 16.5. The molecule has 0 spiro atoms. The summed E-state index contributed by atoms with van der Waals surface area (Å²) in [6.45, 7) is 8.05. The van der Waals surface area contributed by atoms with Crippen LogP contribution in [0.4, 0.5) is 0 Å². The average molecular weight is 402 g/mol. The van der Waals surface area contributed by atoms with Crippen molar-refractivity contribution in [3.05, 3.63) is 29.8 Å². The highest BCUT2D eigenvalue weighted by molar-refractivity contribution is 5.78. The summed E-state index contributed by atoms with van der Waals surface area (Å²) in [5.41, 5.74) is 1.19. The van der Waals surface area contributed by atoms with E-state index in [2.05, 4.69) is 17.9 Å². The molecular weight excluding hydrogens is 366 g/mol. The van der Waals surface area contributed by atoms with Crippen LogP contribution in [0, 0.1) is 6.92 Å². The van der Waals surface area contributed by atoms with Crippen molar-refractivity contribution >= 4 is 11.8 Å². The topological polar surface area (TPSA) is 53.1 Å². The van der Waals surface area contributed by atoms with Gasteiger partial charge in [-0.2, -0.15) is 0 Å². The van der Waals surface area contributed by atoms with Gasteiger partial charge in [0.15, 0.2) is 0 Å². The molecule has 3 rings (SSSR count). The predicted molar refractivity (Wildman–Crippen MR) is 114 cm³/mol. The maximum Gasteiger partial charge on any atom is 0.236 e. The van der Waals surface area contributed by atoms with Crippen LogP contribution in [-0.2, 0) is 9.59 Å². The molecule has 0 atom stereocenters. The van der Waals surface area contributed by atoms with E-state index in [1.807, 2.05) is 28.0 Å². The third-order valence-corrected chi connectivity index (χ3v) is 5.84. The normalized spacial score (nSPS) is 18.0. The van der Waals surface area contributed by atoms with Gasteiger partial charge in [-0.1, -0.05) is 12.1 Å². The third-order valence-electron chi connectivity index (χ3n) is 5.84. The smallest absolute Gasteiger partial charge is 0.236 e. The van der Waals surface area contributed by atoms with E-state index in [4.69, 9.17) is 4.74 Å². The molecule has 2 aliphatic rings. The lowest BCUT2D eigenvalue weighted by Crippen LogP contribution is -2.52. The molecule has 0 aromatic heterocycles. The van der Waals surface area contributed by atoms with Crippen molar-refractivity contribution < 1.29 is 14.3 Å². The lowest BCUT2D eigenvalue weighted by Gasteiger charge is -2.36. The van der Waals surface area contributed by atoms with Crippen LogP contribution >= 0.6 is 0 Å². The Kier molecular flexibility index (Phi) is 8.35. The highest BCUT2D eigenvalue weighted by Crippen LogP contribution is 2.14. The standard InChI is InChI=1S/C23H35N3O3/c1-20-8-7-9-21(18-20)29-17-6-3-10-22(27)26-15-13-24(14-16-26)19-23(28)25-11-4-2-5-12-25/h7-9,18H,2-6,10-17,19H2,1H3. The number of carbonyl (C=O) groups is 2. The summed E-state index contributed by atoms with van der Waals surface area (Å²) < 4.78 is 5.75. The molecule has 2 saturated heterocycles. The van der Waals surface area contributed by atoms with Gasteiger partial charge in [-0.3, -0.25) is 14.5 Å². The van der Waals surface area contributed by atoms with Crippen molar-refractivity contribution in [1.29, 1.82) is 0 Å². The second-order valence-electron chi connectivity index (χ2n) is 8.22. The molecule has 0 saturated carbocycles. The van der Waals surface area contributed by atoms with Crippen LogP contribution in [0.5, 0.6) is 5.75 Å². The third kappa shape index (κ3) is 7.03. The molecule has 6 heteroatoms. The molecule has 0 bridgehead atoms. The first-order valence-corrected chi connectivity index (χ1v) is 11.1. The summed E-state index contributed by atoms with van der Waals surface area (Å²) in [4.78, 5) is 31.0. The van der Waals surface area contributed by atoms with E-state index < -0.39 is 0 Å². The van der Waals surface area contributed by atoms with Gasteiger partial charge in [0.2, 0.25) is 11.8 Å². The predicted octanol–water partition coefficient (Wildman–Crippen LogP) is 2.70. The van der Waals surface area contributed by atoms with Crippen molar-refractivity contribution in [2.75, 3.05) is 52.4 Å². The molecule has 2 heterocycles. The zero-order valence-electron chi connectivity index (χ0n) is 17.8. The van der Waals surface area contributed by atoms with Crippen molar-refractivity contribution in [3.8, 4) is 5.75 Å². The Morgan fingerprint density at radius 2 is 1.62 bits per heavy atom. The number of carbonyl (C=O) groups excluding carboxylic acids is 2. The number of unbranched alkanes of at least 4 members (excludes halogenated alkanes) is 1. The quantitative estimate of drug-likeness (QED) is 0.629. The number of piperidine rings is 1. The van der Waals surface area contributed by atoms with Crippen LogP contribution in [0.1, 0.15) is 44.1 Å². The molecule has 0 N–H and O–H groups in total. The molecule has 160 valence electrons. The minimum Gasteiger partial charge on any atom is -0.494 e. The van der Waals surface area contributed by atoms with Gasteiger partial charge < -0.3 is 14.5 Å². The number of aryl methyl sites for hydroxylation is 1. The fraction of sp³-hybridized carbons (Fsp3) is 0.652. The molecule has 2 fully saturated rings. The van der Waals surface area contributed by atoms with Crippen LogP contribution in [0.25, 0.3) is 0 Å². The lowest BCUT2D eigenvalue weighted by atomic mass is 10.1. The first kappa shape index (κ1) is 21.6. The van der Waals surface area contributed by atoms with Gasteiger partial charge >= 0.3 is 0 Å². The summed E-state index contributed by atoms with van der Waals surface area (Å²) in [7, 11) is 0. The number of nitrogens with zero attached hydrogens (tertiary/aromatic N) is 3. The Bertz CT molecular complexity index is 665. The summed E-state index contributed by atoms with van der Waals surface area (Å²) in [5.74, 6) is 1.37. The first-order chi connectivity index (χ1) is 14.1. The van der Waals surface area contributed by atoms with E-state index in [1.165, 1.54) is 12.0 Å². The van der Waals surface area contributed by atoms with E-state index in [-0.39, 0.29) is 11.8 Å². The SMILES string of the molecule is Cc1cccc(OCCCCC(=O)N2CCN(CC(=O)N3CCCCC3)CC2)c1. The number of rotatable bonds is 8. The summed E-state index contributed by atoms with van der Waals surface area (Å²) in [6, 6.07) is 8.04. The van der Waals surface area contributed by atoms with Gasteiger partial charge in [-0.15, -0.1) is 0 Å². The van der Waals surface area contributed by atoms with E-state index in [9.17, 15) is 9.59 Å². The number of benzene rings is 1.